The Bertz CT molecular complexity index is 433. The van der Waals surface area contributed by atoms with Crippen LogP contribution < -0.4 is 5.32 Å². The van der Waals surface area contributed by atoms with E-state index < -0.39 is 5.97 Å². The van der Waals surface area contributed by atoms with Gasteiger partial charge in [-0.05, 0) is 25.5 Å². The fourth-order valence-corrected chi connectivity index (χ4v) is 1.49. The van der Waals surface area contributed by atoms with Crippen molar-refractivity contribution in [3.8, 4) is 0 Å². The Kier molecular flexibility index (Phi) is 6.22. The van der Waals surface area contributed by atoms with Gasteiger partial charge in [-0.25, -0.2) is 4.79 Å². The van der Waals surface area contributed by atoms with Gasteiger partial charge < -0.3 is 10.1 Å². The zero-order valence-electron chi connectivity index (χ0n) is 10.6. The third-order valence-corrected chi connectivity index (χ3v) is 2.41. The summed E-state index contributed by atoms with van der Waals surface area (Å²) in [7, 11) is 0. The highest BCUT2D eigenvalue weighted by Crippen LogP contribution is 2.17. The molecule has 1 aromatic rings. The van der Waals surface area contributed by atoms with E-state index in [2.05, 4.69) is 17.2 Å². The van der Waals surface area contributed by atoms with Gasteiger partial charge in [0.1, 0.15) is 0 Å². The number of nitrogens with one attached hydrogen (secondary N) is 1. The Balaban J connectivity index is 2.88. The summed E-state index contributed by atoms with van der Waals surface area (Å²) in [5, 5.41) is 3.25. The summed E-state index contributed by atoms with van der Waals surface area (Å²) in [6.45, 7) is 4.64. The van der Waals surface area contributed by atoms with Gasteiger partial charge in [-0.15, -0.1) is 0 Å². The van der Waals surface area contributed by atoms with Crippen LogP contribution in [0.1, 0.15) is 25.8 Å². The van der Waals surface area contributed by atoms with Crippen LogP contribution in [0, 0.1) is 0 Å². The van der Waals surface area contributed by atoms with E-state index in [1.165, 1.54) is 0 Å². The summed E-state index contributed by atoms with van der Waals surface area (Å²) < 4.78 is 4.72. The molecule has 1 N–H and O–H groups in total. The highest BCUT2D eigenvalue weighted by atomic mass is 35.5. The summed E-state index contributed by atoms with van der Waals surface area (Å²) >= 11 is 5.35. The van der Waals surface area contributed by atoms with Gasteiger partial charge in [-0.2, -0.15) is 0 Å². The minimum absolute atomic E-state index is 0.138. The lowest BCUT2D eigenvalue weighted by Crippen LogP contribution is -2.05. The van der Waals surface area contributed by atoms with Crippen LogP contribution in [0.2, 0.25) is 0 Å². The molecular weight excluding hydrogens is 252 g/mol. The molecule has 0 unspecified atom stereocenters. The van der Waals surface area contributed by atoms with Gasteiger partial charge >= 0.3 is 5.97 Å². The predicted octanol–water partition coefficient (Wildman–Crippen LogP) is 3.05. The first-order valence-corrected chi connectivity index (χ1v) is 6.31. The minimum atomic E-state index is -0.414. The van der Waals surface area contributed by atoms with Crippen molar-refractivity contribution in [1.29, 1.82) is 0 Å². The van der Waals surface area contributed by atoms with Crippen molar-refractivity contribution < 1.29 is 9.53 Å². The fourth-order valence-electron chi connectivity index (χ4n) is 1.39. The number of carbonyl (C=O) groups excluding carboxylic acids is 1. The van der Waals surface area contributed by atoms with Crippen molar-refractivity contribution in [3.63, 3.8) is 0 Å². The number of rotatable bonds is 6. The van der Waals surface area contributed by atoms with Crippen LogP contribution in [0.25, 0.3) is 6.08 Å². The normalized spacial score (nSPS) is 11.2. The molecule has 0 aliphatic carbocycles. The Morgan fingerprint density at radius 2 is 2.39 bits per heavy atom. The second kappa shape index (κ2) is 7.71. The van der Waals surface area contributed by atoms with E-state index in [9.17, 15) is 4.79 Å². The highest BCUT2D eigenvalue weighted by molar-refractivity contribution is 6.17. The van der Waals surface area contributed by atoms with E-state index in [1.807, 2.05) is 6.07 Å². The monoisotopic (exact) mass is 268 g/mol. The maximum absolute atomic E-state index is 11.5. The van der Waals surface area contributed by atoms with E-state index in [0.29, 0.717) is 5.57 Å². The number of alkyl halides is 1. The van der Waals surface area contributed by atoms with Gasteiger partial charge in [0.25, 0.3) is 0 Å². The van der Waals surface area contributed by atoms with E-state index in [0.717, 1.165) is 24.2 Å². The number of pyridine rings is 1. The van der Waals surface area contributed by atoms with Crippen LogP contribution in [-0.4, -0.2) is 23.6 Å². The van der Waals surface area contributed by atoms with Crippen molar-refractivity contribution in [2.75, 3.05) is 17.9 Å². The quantitative estimate of drug-likeness (QED) is 0.489. The zero-order valence-corrected chi connectivity index (χ0v) is 11.3. The van der Waals surface area contributed by atoms with Gasteiger partial charge in [-0.1, -0.05) is 18.5 Å². The van der Waals surface area contributed by atoms with Gasteiger partial charge in [0.15, 0.2) is 6.07 Å². The Morgan fingerprint density at radius 1 is 1.61 bits per heavy atom. The number of ether oxygens (including phenoxy) is 1. The molecule has 0 aliphatic heterocycles. The molecule has 5 heteroatoms. The number of carbonyl (C=O) groups is 1. The average Bonchev–Trinajstić information content (AvgIpc) is 2.38. The second-order valence-corrected chi connectivity index (χ2v) is 3.98. The van der Waals surface area contributed by atoms with Gasteiger partial charge in [0, 0.05) is 23.9 Å². The molecule has 98 valence electrons. The van der Waals surface area contributed by atoms with Crippen molar-refractivity contribution in [1.82, 2.24) is 4.98 Å². The first kappa shape index (κ1) is 14.5. The SMILES string of the molecule is CCCNc1cnccc1/C=C(\C)C(=O)OCCl. The maximum Gasteiger partial charge on any atom is 0.334 e. The molecule has 1 aromatic heterocycles. The molecule has 0 atom stereocenters. The molecule has 1 rings (SSSR count). The number of esters is 1. The van der Waals surface area contributed by atoms with Crippen LogP contribution in [0.4, 0.5) is 5.69 Å². The number of hydrogen-bond donors (Lipinski definition) is 1. The summed E-state index contributed by atoms with van der Waals surface area (Å²) in [6.07, 6.45) is 6.20. The molecule has 1 heterocycles. The lowest BCUT2D eigenvalue weighted by molar-refractivity contribution is -0.136. The molecule has 0 aromatic carbocycles. The minimum Gasteiger partial charge on any atom is -0.446 e. The largest absolute Gasteiger partial charge is 0.446 e. The van der Waals surface area contributed by atoms with Crippen molar-refractivity contribution >= 4 is 29.3 Å². The molecular formula is C13H17ClN2O2. The molecule has 4 nitrogen and oxygen atoms in total. The van der Waals surface area contributed by atoms with Crippen LogP contribution in [0.15, 0.2) is 24.0 Å². The highest BCUT2D eigenvalue weighted by Gasteiger charge is 2.06. The van der Waals surface area contributed by atoms with Crippen LogP contribution in [0.3, 0.4) is 0 Å². The van der Waals surface area contributed by atoms with Gasteiger partial charge in [0.05, 0.1) is 11.9 Å². The Labute approximate surface area is 112 Å². The molecule has 18 heavy (non-hydrogen) atoms. The van der Waals surface area contributed by atoms with Crippen LogP contribution in [0.5, 0.6) is 0 Å². The van der Waals surface area contributed by atoms with E-state index in [4.69, 9.17) is 16.3 Å². The second-order valence-electron chi connectivity index (χ2n) is 3.76. The third kappa shape index (κ3) is 4.37. The van der Waals surface area contributed by atoms with E-state index >= 15 is 0 Å². The Morgan fingerprint density at radius 3 is 3.06 bits per heavy atom. The number of aromatic nitrogens is 1. The average molecular weight is 269 g/mol. The predicted molar refractivity (Wildman–Crippen MR) is 73.5 cm³/mol. The summed E-state index contributed by atoms with van der Waals surface area (Å²) in [5.74, 6) is -0.414. The summed E-state index contributed by atoms with van der Waals surface area (Å²) in [4.78, 5) is 15.5. The number of nitrogens with zero attached hydrogens (tertiary/aromatic N) is 1. The van der Waals surface area contributed by atoms with E-state index in [-0.39, 0.29) is 6.07 Å². The van der Waals surface area contributed by atoms with E-state index in [1.54, 1.807) is 25.4 Å². The zero-order chi connectivity index (χ0) is 13.4. The van der Waals surface area contributed by atoms with Crippen molar-refractivity contribution in [3.05, 3.63) is 29.6 Å². The lowest BCUT2D eigenvalue weighted by atomic mass is 10.1. The molecule has 0 fully saturated rings. The van der Waals surface area contributed by atoms with Crippen LogP contribution >= 0.6 is 11.6 Å². The first-order valence-electron chi connectivity index (χ1n) is 5.78. The molecule has 0 amide bonds. The molecule has 0 saturated heterocycles. The fraction of sp³-hybridized carbons (Fsp3) is 0.385. The standard InChI is InChI=1S/C13H17ClN2O2/c1-3-5-16-12-8-15-6-4-11(12)7-10(2)13(17)18-9-14/h4,6-8,16H,3,5,9H2,1-2H3/b10-7+. The van der Waals surface area contributed by atoms with Crippen molar-refractivity contribution in [2.24, 2.45) is 0 Å². The Hall–Kier alpha value is -1.55. The summed E-state index contributed by atoms with van der Waals surface area (Å²) in [5.41, 5.74) is 2.31. The number of halogens is 1. The number of anilines is 1. The lowest BCUT2D eigenvalue weighted by Gasteiger charge is -2.08. The molecule has 0 saturated carbocycles. The van der Waals surface area contributed by atoms with Crippen molar-refractivity contribution in [2.45, 2.75) is 20.3 Å². The maximum atomic E-state index is 11.5. The molecule has 0 aliphatic rings. The van der Waals surface area contributed by atoms with Gasteiger partial charge in [0.2, 0.25) is 0 Å². The summed E-state index contributed by atoms with van der Waals surface area (Å²) in [6, 6.07) is 1.71. The third-order valence-electron chi connectivity index (χ3n) is 2.30. The molecule has 0 bridgehead atoms. The smallest absolute Gasteiger partial charge is 0.334 e. The molecule has 0 radical (unpaired) electrons. The molecule has 0 spiro atoms. The topological polar surface area (TPSA) is 51.2 Å². The number of hydrogen-bond acceptors (Lipinski definition) is 4. The van der Waals surface area contributed by atoms with Gasteiger partial charge in [-0.3, -0.25) is 4.98 Å². The van der Waals surface area contributed by atoms with Crippen LogP contribution in [-0.2, 0) is 9.53 Å². The first-order chi connectivity index (χ1) is 8.69.